The number of amides is 1. The highest BCUT2D eigenvalue weighted by Crippen LogP contribution is 2.74. The minimum atomic E-state index is -0.597. The number of para-hydroxylation sites is 1. The third-order valence-corrected chi connectivity index (χ3v) is 8.61. The highest BCUT2D eigenvalue weighted by Gasteiger charge is 2.80. The summed E-state index contributed by atoms with van der Waals surface area (Å²) < 4.78 is 6.42. The van der Waals surface area contributed by atoms with Crippen molar-refractivity contribution in [1.82, 2.24) is 4.90 Å². The first kappa shape index (κ1) is 15.6. The molecule has 1 aromatic carbocycles. The molecule has 5 bridgehead atoms. The molecule has 0 N–H and O–H groups in total. The van der Waals surface area contributed by atoms with Gasteiger partial charge in [-0.3, -0.25) is 9.63 Å². The van der Waals surface area contributed by atoms with Crippen molar-refractivity contribution >= 4 is 11.6 Å². The van der Waals surface area contributed by atoms with Gasteiger partial charge in [-0.15, -0.1) is 0 Å². The van der Waals surface area contributed by atoms with Crippen LogP contribution in [0.4, 0.5) is 5.69 Å². The second kappa shape index (κ2) is 4.70. The van der Waals surface area contributed by atoms with Gasteiger partial charge >= 0.3 is 0 Å². The summed E-state index contributed by atoms with van der Waals surface area (Å²) in [5.41, 5.74) is 1.66. The molecule has 7 atom stereocenters. The van der Waals surface area contributed by atoms with Crippen LogP contribution in [0, 0.1) is 23.2 Å². The zero-order valence-corrected chi connectivity index (χ0v) is 15.6. The number of hydrogen-bond donors (Lipinski definition) is 0. The molecular weight excluding hydrogens is 328 g/mol. The van der Waals surface area contributed by atoms with E-state index in [4.69, 9.17) is 9.57 Å². The second-order valence-electron chi connectivity index (χ2n) is 8.97. The van der Waals surface area contributed by atoms with Crippen molar-refractivity contribution in [3.05, 3.63) is 29.8 Å². The quantitative estimate of drug-likeness (QED) is 0.817. The van der Waals surface area contributed by atoms with Crippen LogP contribution in [-0.2, 0) is 19.8 Å². The van der Waals surface area contributed by atoms with E-state index in [9.17, 15) is 4.79 Å². The van der Waals surface area contributed by atoms with Crippen LogP contribution in [0.5, 0.6) is 0 Å². The molecule has 0 radical (unpaired) electrons. The van der Waals surface area contributed by atoms with Crippen molar-refractivity contribution in [2.75, 3.05) is 32.4 Å². The molecule has 0 unspecified atom stereocenters. The normalized spacial score (nSPS) is 48.0. The number of nitrogens with zero attached hydrogens (tertiary/aromatic N) is 2. The Hall–Kier alpha value is -1.43. The van der Waals surface area contributed by atoms with Gasteiger partial charge in [0.05, 0.1) is 25.5 Å². The molecule has 6 rings (SSSR count). The molecule has 2 saturated carbocycles. The third kappa shape index (κ3) is 1.34. The van der Waals surface area contributed by atoms with Crippen LogP contribution in [0.1, 0.15) is 25.3 Å². The molecule has 1 aromatic rings. The molecule has 5 aliphatic rings. The van der Waals surface area contributed by atoms with Crippen molar-refractivity contribution in [2.24, 2.45) is 23.2 Å². The van der Waals surface area contributed by atoms with E-state index in [0.717, 1.165) is 37.2 Å². The number of hydroxylamine groups is 1. The lowest BCUT2D eigenvalue weighted by atomic mass is 9.50. The summed E-state index contributed by atoms with van der Waals surface area (Å²) in [5, 5.41) is 1.54. The van der Waals surface area contributed by atoms with E-state index in [-0.39, 0.29) is 17.4 Å². The van der Waals surface area contributed by atoms with E-state index >= 15 is 0 Å². The molecule has 1 spiro atoms. The van der Waals surface area contributed by atoms with E-state index < -0.39 is 5.41 Å². The number of ether oxygens (including phenoxy) is 1. The Balaban J connectivity index is 1.67. The number of benzene rings is 1. The number of likely N-dealkylation sites (tertiary alicyclic amines) is 1. The van der Waals surface area contributed by atoms with E-state index in [1.807, 2.05) is 12.1 Å². The maximum Gasteiger partial charge on any atom is 0.264 e. The van der Waals surface area contributed by atoms with Crippen molar-refractivity contribution < 1.29 is 14.4 Å². The fourth-order valence-electron chi connectivity index (χ4n) is 8.02. The van der Waals surface area contributed by atoms with Crippen molar-refractivity contribution in [3.63, 3.8) is 0 Å². The maximum absolute atomic E-state index is 13.9. The molecule has 3 heterocycles. The Bertz CT molecular complexity index is 812. The largest absolute Gasteiger partial charge is 0.376 e. The number of piperidine rings is 1. The lowest BCUT2D eigenvalue weighted by Gasteiger charge is -2.55. The van der Waals surface area contributed by atoms with Gasteiger partial charge in [0.2, 0.25) is 0 Å². The van der Waals surface area contributed by atoms with Gasteiger partial charge in [-0.05, 0) is 42.9 Å². The molecule has 26 heavy (non-hydrogen) atoms. The predicted octanol–water partition coefficient (Wildman–Crippen LogP) is 2.21. The molecule has 0 aromatic heterocycles. The minimum absolute atomic E-state index is 0.0290. The molecule has 1 amide bonds. The standard InChI is InChI=1S/C21H26N2O3/c1-4-20-11-22(2)17-12-10-26-16(9-14(12)20)21(18(17)20)13-7-5-6-8-15(13)23(25-3)19(21)24/h5-8,12,14,16-18H,4,9-11H2,1-3H3/t12-,14+,16-,17+,18-,20-,21-/m0/s1. The van der Waals surface area contributed by atoms with Gasteiger partial charge in [-0.25, -0.2) is 0 Å². The molecule has 5 heteroatoms. The summed E-state index contributed by atoms with van der Waals surface area (Å²) >= 11 is 0. The van der Waals surface area contributed by atoms with Crippen LogP contribution in [0.3, 0.4) is 0 Å². The van der Waals surface area contributed by atoms with Crippen LogP contribution >= 0.6 is 0 Å². The summed E-state index contributed by atoms with van der Waals surface area (Å²) in [6.45, 7) is 4.23. The number of carbonyl (C=O) groups is 1. The van der Waals surface area contributed by atoms with Gasteiger partial charge in [0.15, 0.2) is 0 Å². The predicted molar refractivity (Wildman–Crippen MR) is 96.6 cm³/mol. The Morgan fingerprint density at radius 1 is 1.35 bits per heavy atom. The van der Waals surface area contributed by atoms with E-state index in [1.165, 1.54) is 5.06 Å². The Morgan fingerprint density at radius 2 is 2.15 bits per heavy atom. The van der Waals surface area contributed by atoms with Gasteiger partial charge in [0, 0.05) is 24.4 Å². The first-order valence-corrected chi connectivity index (χ1v) is 9.91. The van der Waals surface area contributed by atoms with Crippen LogP contribution < -0.4 is 5.06 Å². The van der Waals surface area contributed by atoms with Gasteiger partial charge < -0.3 is 9.64 Å². The summed E-state index contributed by atoms with van der Waals surface area (Å²) in [6.07, 6.45) is 2.12. The minimum Gasteiger partial charge on any atom is -0.376 e. The SMILES string of the molecule is CC[C@]12CN(C)[C@@H]3[C@H]4CO[C@@H](C[C@H]41)[C@]1(C(=O)N(OC)c4ccccc41)[C@@H]32. The summed E-state index contributed by atoms with van der Waals surface area (Å²) in [4.78, 5) is 22.0. The van der Waals surface area contributed by atoms with Crippen LogP contribution in [-0.4, -0.2) is 50.3 Å². The van der Waals surface area contributed by atoms with Crippen molar-refractivity contribution in [1.29, 1.82) is 0 Å². The van der Waals surface area contributed by atoms with Crippen molar-refractivity contribution in [3.8, 4) is 0 Å². The topological polar surface area (TPSA) is 42.0 Å². The lowest BCUT2D eigenvalue weighted by molar-refractivity contribution is -0.166. The zero-order valence-electron chi connectivity index (χ0n) is 15.6. The van der Waals surface area contributed by atoms with E-state index in [2.05, 4.69) is 31.0 Å². The number of anilines is 1. The monoisotopic (exact) mass is 354 g/mol. The van der Waals surface area contributed by atoms with E-state index in [1.54, 1.807) is 7.11 Å². The van der Waals surface area contributed by atoms with Gasteiger partial charge in [-0.2, -0.15) is 5.06 Å². The average molecular weight is 354 g/mol. The number of carbonyl (C=O) groups excluding carboxylic acids is 1. The summed E-state index contributed by atoms with van der Waals surface area (Å²) in [7, 11) is 3.85. The van der Waals surface area contributed by atoms with Crippen LogP contribution in [0.2, 0.25) is 0 Å². The Morgan fingerprint density at radius 3 is 2.92 bits per heavy atom. The van der Waals surface area contributed by atoms with Crippen LogP contribution in [0.15, 0.2) is 24.3 Å². The van der Waals surface area contributed by atoms with Crippen molar-refractivity contribution in [2.45, 2.75) is 37.3 Å². The summed E-state index contributed by atoms with van der Waals surface area (Å²) in [6, 6.07) is 8.64. The second-order valence-corrected chi connectivity index (χ2v) is 8.97. The highest BCUT2D eigenvalue weighted by atomic mass is 16.7. The highest BCUT2D eigenvalue weighted by molar-refractivity contribution is 6.08. The van der Waals surface area contributed by atoms with Crippen LogP contribution in [0.25, 0.3) is 0 Å². The molecule has 138 valence electrons. The Labute approximate surface area is 154 Å². The first-order chi connectivity index (χ1) is 12.6. The van der Waals surface area contributed by atoms with Gasteiger partial charge in [-0.1, -0.05) is 25.1 Å². The third-order valence-electron chi connectivity index (χ3n) is 8.61. The fourth-order valence-corrected chi connectivity index (χ4v) is 8.02. The van der Waals surface area contributed by atoms with Gasteiger partial charge in [0.1, 0.15) is 5.41 Å². The number of fused-ring (bicyclic) bond motifs is 5. The molecular formula is C21H26N2O3. The number of hydrogen-bond acceptors (Lipinski definition) is 4. The maximum atomic E-state index is 13.9. The number of rotatable bonds is 2. The zero-order chi connectivity index (χ0) is 17.8. The molecule has 3 aliphatic heterocycles. The summed E-state index contributed by atoms with van der Waals surface area (Å²) in [5.74, 6) is 1.66. The average Bonchev–Trinajstić information content (AvgIpc) is 3.13. The lowest BCUT2D eigenvalue weighted by Crippen LogP contribution is -2.63. The van der Waals surface area contributed by atoms with E-state index in [0.29, 0.717) is 23.8 Å². The molecule has 2 saturated heterocycles. The fraction of sp³-hybridized carbons (Fsp3) is 0.667. The molecule has 4 fully saturated rings. The Kier molecular flexibility index (Phi) is 2.82. The first-order valence-electron chi connectivity index (χ1n) is 9.91. The molecule has 2 aliphatic carbocycles. The smallest absolute Gasteiger partial charge is 0.264 e. The van der Waals surface area contributed by atoms with Gasteiger partial charge in [0.25, 0.3) is 5.91 Å². The molecule has 5 nitrogen and oxygen atoms in total.